The Bertz CT molecular complexity index is 495. The Labute approximate surface area is 102 Å². The number of rotatable bonds is 5. The maximum atomic E-state index is 12.3. The van der Waals surface area contributed by atoms with Crippen LogP contribution in [0.5, 0.6) is 5.75 Å². The van der Waals surface area contributed by atoms with Crippen LogP contribution in [0.2, 0.25) is 0 Å². The quantitative estimate of drug-likeness (QED) is 0.876. The number of carboxylic acids is 1. The zero-order valence-electron chi connectivity index (χ0n) is 9.61. The van der Waals surface area contributed by atoms with Gasteiger partial charge < -0.3 is 9.84 Å². The van der Waals surface area contributed by atoms with Gasteiger partial charge in [0.15, 0.2) is 0 Å². The molecule has 4 nitrogen and oxygen atoms in total. The molecule has 0 aliphatic heterocycles. The molecule has 1 N–H and O–H groups in total. The van der Waals surface area contributed by atoms with Crippen LogP contribution in [0.15, 0.2) is 12.1 Å². The minimum absolute atomic E-state index is 0.0937. The molecule has 0 bridgehead atoms. The highest BCUT2D eigenvalue weighted by atomic mass is 19.3. The number of nitrogens with zero attached hydrogens (tertiary/aromatic N) is 1. The van der Waals surface area contributed by atoms with E-state index in [2.05, 4.69) is 4.74 Å². The number of ether oxygens (including phenoxy) is 1. The number of nitriles is 1. The molecule has 0 saturated heterocycles. The van der Waals surface area contributed by atoms with Crippen molar-refractivity contribution in [2.24, 2.45) is 0 Å². The summed E-state index contributed by atoms with van der Waals surface area (Å²) in [5.41, 5.74) is 0.611. The Balaban J connectivity index is 3.38. The Morgan fingerprint density at radius 3 is 2.67 bits per heavy atom. The van der Waals surface area contributed by atoms with Gasteiger partial charge in [-0.05, 0) is 18.1 Å². The van der Waals surface area contributed by atoms with Gasteiger partial charge >= 0.3 is 12.6 Å². The van der Waals surface area contributed by atoms with Crippen molar-refractivity contribution in [2.45, 2.75) is 26.4 Å². The second-order valence-corrected chi connectivity index (χ2v) is 3.49. The van der Waals surface area contributed by atoms with Crippen molar-refractivity contribution in [1.82, 2.24) is 0 Å². The van der Waals surface area contributed by atoms with Gasteiger partial charge in [-0.1, -0.05) is 13.0 Å². The van der Waals surface area contributed by atoms with E-state index >= 15 is 0 Å². The van der Waals surface area contributed by atoms with Gasteiger partial charge in [0.25, 0.3) is 0 Å². The molecule has 0 aliphatic carbocycles. The third kappa shape index (κ3) is 3.17. The van der Waals surface area contributed by atoms with Crippen LogP contribution in [0.3, 0.4) is 0 Å². The molecule has 0 atom stereocenters. The summed E-state index contributed by atoms with van der Waals surface area (Å²) in [5.74, 6) is -1.51. The highest BCUT2D eigenvalue weighted by molar-refractivity contribution is 5.73. The van der Waals surface area contributed by atoms with Crippen LogP contribution in [-0.4, -0.2) is 17.7 Å². The van der Waals surface area contributed by atoms with Crippen LogP contribution in [0.25, 0.3) is 0 Å². The molecule has 6 heteroatoms. The van der Waals surface area contributed by atoms with E-state index in [0.717, 1.165) is 0 Å². The number of carbonyl (C=O) groups is 1. The molecule has 1 aromatic carbocycles. The predicted octanol–water partition coefficient (Wildman–Crippen LogP) is 2.35. The van der Waals surface area contributed by atoms with Crippen molar-refractivity contribution in [3.63, 3.8) is 0 Å². The van der Waals surface area contributed by atoms with Crippen molar-refractivity contribution >= 4 is 5.97 Å². The Morgan fingerprint density at radius 2 is 2.22 bits per heavy atom. The number of aryl methyl sites for hydroxylation is 1. The first-order chi connectivity index (χ1) is 8.49. The van der Waals surface area contributed by atoms with E-state index in [4.69, 9.17) is 10.4 Å². The molecule has 1 rings (SSSR count). The van der Waals surface area contributed by atoms with E-state index in [1.165, 1.54) is 6.07 Å². The molecule has 0 fully saturated rings. The van der Waals surface area contributed by atoms with Crippen LogP contribution in [0, 0.1) is 11.3 Å². The average molecular weight is 255 g/mol. The monoisotopic (exact) mass is 255 g/mol. The summed E-state index contributed by atoms with van der Waals surface area (Å²) in [6.07, 6.45) is 0.00860. The molecular formula is C12H11F2NO3. The van der Waals surface area contributed by atoms with E-state index in [-0.39, 0.29) is 16.9 Å². The van der Waals surface area contributed by atoms with Crippen molar-refractivity contribution in [1.29, 1.82) is 5.26 Å². The summed E-state index contributed by atoms with van der Waals surface area (Å²) in [6.45, 7) is -1.34. The van der Waals surface area contributed by atoms with Crippen LogP contribution >= 0.6 is 0 Å². The third-order valence-electron chi connectivity index (χ3n) is 2.39. The summed E-state index contributed by atoms with van der Waals surface area (Å²) < 4.78 is 28.9. The topological polar surface area (TPSA) is 70.3 Å². The predicted molar refractivity (Wildman–Crippen MR) is 58.5 cm³/mol. The Kier molecular flexibility index (Phi) is 4.60. The summed E-state index contributed by atoms with van der Waals surface area (Å²) >= 11 is 0. The lowest BCUT2D eigenvalue weighted by Gasteiger charge is -2.14. The average Bonchev–Trinajstić information content (AvgIpc) is 2.29. The van der Waals surface area contributed by atoms with Gasteiger partial charge in [0.2, 0.25) is 0 Å². The molecule has 1 aromatic rings. The van der Waals surface area contributed by atoms with Crippen LogP contribution in [0.4, 0.5) is 8.78 Å². The highest BCUT2D eigenvalue weighted by Gasteiger charge is 2.19. The van der Waals surface area contributed by atoms with Crippen LogP contribution in [-0.2, 0) is 17.6 Å². The summed E-state index contributed by atoms with van der Waals surface area (Å²) in [7, 11) is 0. The number of carboxylic acid groups (broad SMARTS) is 1. The number of alkyl halides is 2. The van der Waals surface area contributed by atoms with Crippen LogP contribution < -0.4 is 4.74 Å². The smallest absolute Gasteiger partial charge is 0.387 e. The number of hydrogen-bond acceptors (Lipinski definition) is 3. The third-order valence-corrected chi connectivity index (χ3v) is 2.39. The van der Waals surface area contributed by atoms with Gasteiger partial charge in [-0.2, -0.15) is 14.0 Å². The van der Waals surface area contributed by atoms with Gasteiger partial charge in [-0.15, -0.1) is 0 Å². The van der Waals surface area contributed by atoms with Gasteiger partial charge in [0.05, 0.1) is 12.0 Å². The number of hydrogen-bond donors (Lipinski definition) is 1. The Morgan fingerprint density at radius 1 is 1.56 bits per heavy atom. The molecule has 0 unspecified atom stereocenters. The summed E-state index contributed by atoms with van der Waals surface area (Å²) in [5, 5.41) is 17.6. The second-order valence-electron chi connectivity index (χ2n) is 3.49. The van der Waals surface area contributed by atoms with Crippen molar-refractivity contribution in [3.8, 4) is 11.8 Å². The maximum absolute atomic E-state index is 12.3. The number of benzene rings is 1. The SMILES string of the molecule is CCc1ccc(C#N)c(OC(F)F)c1CC(=O)O. The molecule has 0 aliphatic rings. The fraction of sp³-hybridized carbons (Fsp3) is 0.333. The van der Waals surface area contributed by atoms with Crippen molar-refractivity contribution in [2.75, 3.05) is 0 Å². The molecule has 18 heavy (non-hydrogen) atoms. The fourth-order valence-electron chi connectivity index (χ4n) is 1.66. The molecule has 0 heterocycles. The Hall–Kier alpha value is -2.16. The largest absolute Gasteiger partial charge is 0.481 e. The van der Waals surface area contributed by atoms with Gasteiger partial charge in [0.1, 0.15) is 11.8 Å². The van der Waals surface area contributed by atoms with Gasteiger partial charge in [0, 0.05) is 5.56 Å². The van der Waals surface area contributed by atoms with Crippen LogP contribution in [0.1, 0.15) is 23.6 Å². The molecule has 0 saturated carbocycles. The fourth-order valence-corrected chi connectivity index (χ4v) is 1.66. The van der Waals surface area contributed by atoms with Crippen molar-refractivity contribution < 1.29 is 23.4 Å². The number of halogens is 2. The van der Waals surface area contributed by atoms with E-state index < -0.39 is 19.0 Å². The summed E-state index contributed by atoms with van der Waals surface area (Å²) in [6, 6.07) is 4.61. The molecule has 0 aromatic heterocycles. The molecule has 0 radical (unpaired) electrons. The second kappa shape index (κ2) is 5.96. The molecule has 0 spiro atoms. The first-order valence-electron chi connectivity index (χ1n) is 5.21. The first kappa shape index (κ1) is 13.9. The molecule has 96 valence electrons. The zero-order chi connectivity index (χ0) is 13.7. The molecular weight excluding hydrogens is 244 g/mol. The zero-order valence-corrected chi connectivity index (χ0v) is 9.61. The lowest BCUT2D eigenvalue weighted by Crippen LogP contribution is -2.11. The lowest BCUT2D eigenvalue weighted by molar-refractivity contribution is -0.136. The van der Waals surface area contributed by atoms with E-state index in [1.54, 1.807) is 19.1 Å². The van der Waals surface area contributed by atoms with E-state index in [9.17, 15) is 13.6 Å². The standard InChI is InChI=1S/C12H11F2NO3/c1-2-7-3-4-8(6-15)11(18-12(13)14)9(7)5-10(16)17/h3-4,12H,2,5H2,1H3,(H,16,17). The minimum Gasteiger partial charge on any atom is -0.481 e. The maximum Gasteiger partial charge on any atom is 0.387 e. The normalized spacial score (nSPS) is 10.2. The first-order valence-corrected chi connectivity index (χ1v) is 5.21. The molecule has 0 amide bonds. The van der Waals surface area contributed by atoms with Crippen molar-refractivity contribution in [3.05, 3.63) is 28.8 Å². The van der Waals surface area contributed by atoms with E-state index in [1.807, 2.05) is 0 Å². The van der Waals surface area contributed by atoms with E-state index in [0.29, 0.717) is 12.0 Å². The summed E-state index contributed by atoms with van der Waals surface area (Å²) in [4.78, 5) is 10.7. The van der Waals surface area contributed by atoms with Gasteiger partial charge in [-0.3, -0.25) is 4.79 Å². The highest BCUT2D eigenvalue weighted by Crippen LogP contribution is 2.29. The number of aliphatic carboxylic acids is 1. The lowest BCUT2D eigenvalue weighted by atomic mass is 9.98. The minimum atomic E-state index is -3.10. The van der Waals surface area contributed by atoms with Gasteiger partial charge in [-0.25, -0.2) is 0 Å².